The van der Waals surface area contributed by atoms with Crippen molar-refractivity contribution in [2.24, 2.45) is 5.92 Å². The average Bonchev–Trinajstić information content (AvgIpc) is 2.50. The Morgan fingerprint density at radius 2 is 1.95 bits per heavy atom. The highest BCUT2D eigenvalue weighted by atomic mass is 15.2. The van der Waals surface area contributed by atoms with Crippen molar-refractivity contribution in [3.05, 3.63) is 30.5 Å². The molecule has 1 aliphatic carbocycles. The van der Waals surface area contributed by atoms with Crippen LogP contribution in [0.5, 0.6) is 0 Å². The average molecular weight is 269 g/mol. The van der Waals surface area contributed by atoms with Gasteiger partial charge in [0.05, 0.1) is 6.20 Å². The van der Waals surface area contributed by atoms with Gasteiger partial charge in [-0.15, -0.1) is 5.10 Å². The minimum Gasteiger partial charge on any atom is -0.365 e. The Bertz CT molecular complexity index is 554. The van der Waals surface area contributed by atoms with Gasteiger partial charge in [-0.25, -0.2) is 0 Å². The molecule has 0 atom stereocenters. The summed E-state index contributed by atoms with van der Waals surface area (Å²) in [5.41, 5.74) is 0. The summed E-state index contributed by atoms with van der Waals surface area (Å²) < 4.78 is 0. The molecule has 1 N–H and O–H groups in total. The molecule has 0 saturated heterocycles. The molecule has 0 amide bonds. The second kappa shape index (κ2) is 6.21. The molecule has 0 radical (unpaired) electrons. The molecule has 1 aromatic heterocycles. The summed E-state index contributed by atoms with van der Waals surface area (Å²) in [5, 5.41) is 14.4. The number of nitrogens with zero attached hydrogens (tertiary/aromatic N) is 2. The lowest BCUT2D eigenvalue weighted by molar-refractivity contribution is 0.318. The number of aromatic nitrogens is 2. The van der Waals surface area contributed by atoms with Gasteiger partial charge >= 0.3 is 0 Å². The van der Waals surface area contributed by atoms with Crippen molar-refractivity contribution in [2.45, 2.75) is 51.5 Å². The lowest BCUT2D eigenvalue weighted by Crippen LogP contribution is -2.26. The third-order valence-corrected chi connectivity index (χ3v) is 4.45. The molecule has 1 fully saturated rings. The van der Waals surface area contributed by atoms with Crippen molar-refractivity contribution in [1.82, 2.24) is 10.2 Å². The highest BCUT2D eigenvalue weighted by molar-refractivity contribution is 5.90. The van der Waals surface area contributed by atoms with Crippen LogP contribution in [0.3, 0.4) is 0 Å². The molecule has 1 aromatic carbocycles. The number of fused-ring (bicyclic) bond motifs is 1. The number of rotatable bonds is 4. The lowest BCUT2D eigenvalue weighted by Gasteiger charge is -2.29. The molecule has 0 aliphatic heterocycles. The molecular weight excluding hydrogens is 246 g/mol. The van der Waals surface area contributed by atoms with Crippen LogP contribution in [-0.4, -0.2) is 16.2 Å². The summed E-state index contributed by atoms with van der Waals surface area (Å²) in [4.78, 5) is 0. The first kappa shape index (κ1) is 13.3. The summed E-state index contributed by atoms with van der Waals surface area (Å²) >= 11 is 0. The number of anilines is 1. The van der Waals surface area contributed by atoms with Crippen molar-refractivity contribution in [3.8, 4) is 0 Å². The van der Waals surface area contributed by atoms with Gasteiger partial charge < -0.3 is 5.32 Å². The highest BCUT2D eigenvalue weighted by Gasteiger charge is 2.21. The van der Waals surface area contributed by atoms with E-state index in [0.717, 1.165) is 17.1 Å². The largest absolute Gasteiger partial charge is 0.365 e. The Hall–Kier alpha value is -1.64. The summed E-state index contributed by atoms with van der Waals surface area (Å²) in [5.74, 6) is 1.89. The Kier molecular flexibility index (Phi) is 4.14. The SMILES string of the molecule is CCCC1CCC(Nc2nncc3ccccc23)CC1. The molecule has 1 heterocycles. The van der Waals surface area contributed by atoms with E-state index in [0.29, 0.717) is 6.04 Å². The molecule has 0 spiro atoms. The normalized spacial score (nSPS) is 22.9. The van der Waals surface area contributed by atoms with E-state index in [2.05, 4.69) is 40.6 Å². The molecule has 1 saturated carbocycles. The third-order valence-electron chi connectivity index (χ3n) is 4.45. The van der Waals surface area contributed by atoms with Crippen LogP contribution in [-0.2, 0) is 0 Å². The summed E-state index contributed by atoms with van der Waals surface area (Å²) in [6.45, 7) is 2.29. The van der Waals surface area contributed by atoms with Crippen LogP contribution >= 0.6 is 0 Å². The standard InChI is InChI=1S/C17H23N3/c1-2-5-13-8-10-15(11-9-13)19-17-16-7-4-3-6-14(16)12-18-20-17/h3-4,6-7,12-13,15H,2,5,8-11H2,1H3,(H,19,20). The van der Waals surface area contributed by atoms with Gasteiger partial charge in [-0.2, -0.15) is 5.10 Å². The van der Waals surface area contributed by atoms with E-state index in [1.54, 1.807) is 0 Å². The predicted molar refractivity (Wildman–Crippen MR) is 83.8 cm³/mol. The Labute approximate surface area is 120 Å². The van der Waals surface area contributed by atoms with E-state index >= 15 is 0 Å². The fourth-order valence-electron chi connectivity index (χ4n) is 3.33. The topological polar surface area (TPSA) is 37.8 Å². The summed E-state index contributed by atoms with van der Waals surface area (Å²) in [6.07, 6.45) is 9.76. The van der Waals surface area contributed by atoms with Gasteiger partial charge in [0.15, 0.2) is 5.82 Å². The van der Waals surface area contributed by atoms with Crippen LogP contribution in [0.2, 0.25) is 0 Å². The van der Waals surface area contributed by atoms with E-state index in [4.69, 9.17) is 0 Å². The zero-order valence-electron chi connectivity index (χ0n) is 12.2. The smallest absolute Gasteiger partial charge is 0.156 e. The van der Waals surface area contributed by atoms with Crippen molar-refractivity contribution in [2.75, 3.05) is 5.32 Å². The molecule has 3 heteroatoms. The highest BCUT2D eigenvalue weighted by Crippen LogP contribution is 2.30. The van der Waals surface area contributed by atoms with Crippen LogP contribution in [0.15, 0.2) is 30.5 Å². The maximum atomic E-state index is 4.30. The van der Waals surface area contributed by atoms with E-state index in [1.807, 2.05) is 12.3 Å². The number of hydrogen-bond donors (Lipinski definition) is 1. The van der Waals surface area contributed by atoms with Crippen LogP contribution in [0.25, 0.3) is 10.8 Å². The quantitative estimate of drug-likeness (QED) is 0.894. The van der Waals surface area contributed by atoms with Gasteiger partial charge in [0.2, 0.25) is 0 Å². The monoisotopic (exact) mass is 269 g/mol. The first-order valence-electron chi connectivity index (χ1n) is 7.83. The fourth-order valence-corrected chi connectivity index (χ4v) is 3.33. The number of nitrogens with one attached hydrogen (secondary N) is 1. The Morgan fingerprint density at radius 1 is 1.15 bits per heavy atom. The van der Waals surface area contributed by atoms with Gasteiger partial charge in [0.25, 0.3) is 0 Å². The van der Waals surface area contributed by atoms with Gasteiger partial charge in [0.1, 0.15) is 0 Å². The van der Waals surface area contributed by atoms with E-state index in [1.165, 1.54) is 43.9 Å². The van der Waals surface area contributed by atoms with Crippen LogP contribution in [0.4, 0.5) is 5.82 Å². The zero-order chi connectivity index (χ0) is 13.8. The van der Waals surface area contributed by atoms with E-state index < -0.39 is 0 Å². The molecule has 0 bridgehead atoms. The molecule has 1 aliphatic rings. The molecule has 20 heavy (non-hydrogen) atoms. The molecule has 0 unspecified atom stereocenters. The Balaban J connectivity index is 1.68. The van der Waals surface area contributed by atoms with E-state index in [-0.39, 0.29) is 0 Å². The van der Waals surface area contributed by atoms with E-state index in [9.17, 15) is 0 Å². The second-order valence-electron chi connectivity index (χ2n) is 5.93. The minimum atomic E-state index is 0.559. The van der Waals surface area contributed by atoms with Gasteiger partial charge in [-0.05, 0) is 31.6 Å². The van der Waals surface area contributed by atoms with Crippen molar-refractivity contribution < 1.29 is 0 Å². The van der Waals surface area contributed by atoms with Gasteiger partial charge in [-0.3, -0.25) is 0 Å². The summed E-state index contributed by atoms with van der Waals surface area (Å²) in [7, 11) is 0. The second-order valence-corrected chi connectivity index (χ2v) is 5.93. The first-order chi connectivity index (χ1) is 9.86. The maximum absolute atomic E-state index is 4.30. The fraction of sp³-hybridized carbons (Fsp3) is 0.529. The van der Waals surface area contributed by atoms with Crippen LogP contribution < -0.4 is 5.32 Å². The van der Waals surface area contributed by atoms with Gasteiger partial charge in [0, 0.05) is 16.8 Å². The molecule has 106 valence electrons. The zero-order valence-corrected chi connectivity index (χ0v) is 12.2. The third kappa shape index (κ3) is 2.92. The van der Waals surface area contributed by atoms with Crippen LogP contribution in [0, 0.1) is 5.92 Å². The van der Waals surface area contributed by atoms with Crippen molar-refractivity contribution in [1.29, 1.82) is 0 Å². The maximum Gasteiger partial charge on any atom is 0.156 e. The first-order valence-corrected chi connectivity index (χ1v) is 7.83. The Morgan fingerprint density at radius 3 is 2.75 bits per heavy atom. The molecule has 3 rings (SSSR count). The summed E-state index contributed by atoms with van der Waals surface area (Å²) in [6, 6.07) is 8.88. The van der Waals surface area contributed by atoms with Crippen molar-refractivity contribution in [3.63, 3.8) is 0 Å². The molecule has 3 nitrogen and oxygen atoms in total. The number of benzene rings is 1. The minimum absolute atomic E-state index is 0.559. The van der Waals surface area contributed by atoms with Gasteiger partial charge in [-0.1, -0.05) is 44.0 Å². The number of hydrogen-bond acceptors (Lipinski definition) is 3. The molecular formula is C17H23N3. The lowest BCUT2D eigenvalue weighted by atomic mass is 9.83. The van der Waals surface area contributed by atoms with Crippen molar-refractivity contribution >= 4 is 16.6 Å². The predicted octanol–water partition coefficient (Wildman–Crippen LogP) is 4.40. The molecule has 2 aromatic rings. The van der Waals surface area contributed by atoms with Crippen LogP contribution in [0.1, 0.15) is 45.4 Å².